The van der Waals surface area contributed by atoms with Crippen molar-refractivity contribution >= 4 is 39.2 Å². The molecule has 2 N–H and O–H groups in total. The van der Waals surface area contributed by atoms with Gasteiger partial charge >= 0.3 is 6.09 Å². The van der Waals surface area contributed by atoms with Crippen molar-refractivity contribution in [1.82, 2.24) is 9.78 Å². The third kappa shape index (κ3) is 5.31. The van der Waals surface area contributed by atoms with Crippen LogP contribution in [0, 0.1) is 0 Å². The van der Waals surface area contributed by atoms with Gasteiger partial charge in [-0.15, -0.1) is 0 Å². The molecule has 30 heavy (non-hydrogen) atoms. The molecule has 0 aliphatic carbocycles. The van der Waals surface area contributed by atoms with Crippen molar-refractivity contribution in [2.75, 3.05) is 16.3 Å². The van der Waals surface area contributed by atoms with Gasteiger partial charge in [-0.25, -0.2) is 13.2 Å². The van der Waals surface area contributed by atoms with Crippen LogP contribution in [0.2, 0.25) is 5.02 Å². The van der Waals surface area contributed by atoms with Crippen molar-refractivity contribution in [1.29, 1.82) is 0 Å². The van der Waals surface area contributed by atoms with Crippen LogP contribution >= 0.6 is 11.6 Å². The Hall–Kier alpha value is -3.04. The number of amides is 1. The maximum absolute atomic E-state index is 12.5. The van der Waals surface area contributed by atoms with Crippen LogP contribution in [0.4, 0.5) is 16.3 Å². The quantitative estimate of drug-likeness (QED) is 0.581. The van der Waals surface area contributed by atoms with Gasteiger partial charge < -0.3 is 4.74 Å². The Balaban J connectivity index is 1.76. The Morgan fingerprint density at radius 1 is 1.17 bits per heavy atom. The van der Waals surface area contributed by atoms with E-state index >= 15 is 0 Å². The van der Waals surface area contributed by atoms with Crippen LogP contribution in [-0.2, 0) is 21.8 Å². The molecule has 158 valence electrons. The molecule has 1 heterocycles. The molecule has 0 aliphatic heterocycles. The van der Waals surface area contributed by atoms with Crippen LogP contribution < -0.4 is 10.0 Å². The maximum atomic E-state index is 12.5. The summed E-state index contributed by atoms with van der Waals surface area (Å²) in [4.78, 5) is 12.5. The molecule has 0 aliphatic rings. The van der Waals surface area contributed by atoms with E-state index in [0.717, 1.165) is 11.8 Å². The summed E-state index contributed by atoms with van der Waals surface area (Å²) in [6, 6.07) is 13.9. The summed E-state index contributed by atoms with van der Waals surface area (Å²) in [6.45, 7) is 1.73. The van der Waals surface area contributed by atoms with E-state index in [1.54, 1.807) is 62.6 Å². The normalized spacial score (nSPS) is 12.3. The topological polar surface area (TPSA) is 102 Å². The highest BCUT2D eigenvalue weighted by molar-refractivity contribution is 7.92. The Morgan fingerprint density at radius 2 is 1.83 bits per heavy atom. The SMILES string of the molecule is C[C@@H](OC(=O)Nc1c(-c2ccc(NS(C)(=O)=O)cc2)cnn1C)c1ccccc1Cl. The third-order valence-corrected chi connectivity index (χ3v) is 5.24. The lowest BCUT2D eigenvalue weighted by molar-refractivity contribution is 0.121. The van der Waals surface area contributed by atoms with Gasteiger partial charge in [-0.2, -0.15) is 5.10 Å². The number of sulfonamides is 1. The van der Waals surface area contributed by atoms with Crippen molar-refractivity contribution in [3.05, 3.63) is 65.3 Å². The highest BCUT2D eigenvalue weighted by Gasteiger charge is 2.18. The van der Waals surface area contributed by atoms with E-state index < -0.39 is 22.2 Å². The molecule has 3 rings (SSSR count). The molecular weight excluding hydrogens is 428 g/mol. The van der Waals surface area contributed by atoms with Gasteiger partial charge in [0.1, 0.15) is 11.9 Å². The molecule has 1 atom stereocenters. The predicted octanol–water partition coefficient (Wildman–Crippen LogP) is 4.42. The van der Waals surface area contributed by atoms with Crippen LogP contribution in [0.5, 0.6) is 0 Å². The number of carbonyl (C=O) groups is 1. The van der Waals surface area contributed by atoms with Crippen molar-refractivity contribution in [2.24, 2.45) is 7.05 Å². The first kappa shape index (κ1) is 21.7. The lowest BCUT2D eigenvalue weighted by atomic mass is 10.1. The van der Waals surface area contributed by atoms with Crippen LogP contribution in [0.15, 0.2) is 54.7 Å². The summed E-state index contributed by atoms with van der Waals surface area (Å²) in [6.07, 6.45) is 1.49. The van der Waals surface area contributed by atoms with Gasteiger partial charge in [-0.1, -0.05) is 41.9 Å². The lowest BCUT2D eigenvalue weighted by Crippen LogP contribution is -2.18. The molecule has 0 unspecified atom stereocenters. The molecule has 0 spiro atoms. The Labute approximate surface area is 179 Å². The number of halogens is 1. The second-order valence-electron chi connectivity index (χ2n) is 6.68. The van der Waals surface area contributed by atoms with Gasteiger partial charge in [0.05, 0.1) is 12.5 Å². The molecule has 0 radical (unpaired) electrons. The first-order chi connectivity index (χ1) is 14.1. The van der Waals surface area contributed by atoms with E-state index in [4.69, 9.17) is 16.3 Å². The second kappa shape index (κ2) is 8.76. The van der Waals surface area contributed by atoms with Gasteiger partial charge in [0, 0.05) is 28.9 Å². The van der Waals surface area contributed by atoms with E-state index in [1.165, 1.54) is 4.68 Å². The van der Waals surface area contributed by atoms with Crippen LogP contribution in [0.3, 0.4) is 0 Å². The summed E-state index contributed by atoms with van der Waals surface area (Å²) in [7, 11) is -1.67. The van der Waals surface area contributed by atoms with E-state index in [9.17, 15) is 13.2 Å². The number of rotatable bonds is 6. The number of hydrogen-bond donors (Lipinski definition) is 2. The molecule has 0 bridgehead atoms. The van der Waals surface area contributed by atoms with Crippen molar-refractivity contribution < 1.29 is 17.9 Å². The van der Waals surface area contributed by atoms with E-state index in [1.807, 2.05) is 6.07 Å². The summed E-state index contributed by atoms with van der Waals surface area (Å²) in [5.41, 5.74) is 2.54. The minimum absolute atomic E-state index is 0.438. The molecule has 1 aromatic heterocycles. The fourth-order valence-corrected chi connectivity index (χ4v) is 3.74. The highest BCUT2D eigenvalue weighted by Crippen LogP contribution is 2.30. The molecule has 0 fully saturated rings. The number of nitrogens with one attached hydrogen (secondary N) is 2. The third-order valence-electron chi connectivity index (χ3n) is 4.29. The molecule has 0 saturated heterocycles. The van der Waals surface area contributed by atoms with E-state index in [2.05, 4.69) is 15.1 Å². The first-order valence-electron chi connectivity index (χ1n) is 8.96. The van der Waals surface area contributed by atoms with Gasteiger partial charge in [0.15, 0.2) is 0 Å². The fourth-order valence-electron chi connectivity index (χ4n) is 2.88. The molecule has 8 nitrogen and oxygen atoms in total. The van der Waals surface area contributed by atoms with Crippen LogP contribution in [0.25, 0.3) is 11.1 Å². The molecular formula is C20H21ClN4O4S. The Kier molecular flexibility index (Phi) is 6.33. The first-order valence-corrected chi connectivity index (χ1v) is 11.2. The molecule has 3 aromatic rings. The average molecular weight is 449 g/mol. The number of ether oxygens (including phenoxy) is 1. The number of anilines is 2. The van der Waals surface area contributed by atoms with Gasteiger partial charge in [0.2, 0.25) is 10.0 Å². The number of carbonyl (C=O) groups excluding carboxylic acids is 1. The Bertz CT molecular complexity index is 1160. The number of hydrogen-bond acceptors (Lipinski definition) is 5. The fraction of sp³-hybridized carbons (Fsp3) is 0.200. The molecule has 1 amide bonds. The number of aryl methyl sites for hydroxylation is 1. The predicted molar refractivity (Wildman–Crippen MR) is 117 cm³/mol. The van der Waals surface area contributed by atoms with Crippen molar-refractivity contribution in [3.63, 3.8) is 0 Å². The number of benzene rings is 2. The van der Waals surface area contributed by atoms with Gasteiger partial charge in [0.25, 0.3) is 0 Å². The van der Waals surface area contributed by atoms with Crippen LogP contribution in [-0.4, -0.2) is 30.5 Å². The minimum Gasteiger partial charge on any atom is -0.441 e. The zero-order valence-electron chi connectivity index (χ0n) is 16.6. The average Bonchev–Trinajstić information content (AvgIpc) is 3.02. The number of aromatic nitrogens is 2. The summed E-state index contributed by atoms with van der Waals surface area (Å²) in [5, 5.41) is 7.42. The molecule has 2 aromatic carbocycles. The lowest BCUT2D eigenvalue weighted by Gasteiger charge is -2.16. The minimum atomic E-state index is -3.36. The zero-order chi connectivity index (χ0) is 21.9. The maximum Gasteiger partial charge on any atom is 0.413 e. The Morgan fingerprint density at radius 3 is 2.47 bits per heavy atom. The summed E-state index contributed by atoms with van der Waals surface area (Å²) in [5.74, 6) is 0.440. The van der Waals surface area contributed by atoms with Crippen LogP contribution in [0.1, 0.15) is 18.6 Å². The molecule has 0 saturated carbocycles. The highest BCUT2D eigenvalue weighted by atomic mass is 35.5. The molecule has 10 heteroatoms. The second-order valence-corrected chi connectivity index (χ2v) is 8.83. The van der Waals surface area contributed by atoms with Crippen molar-refractivity contribution in [3.8, 4) is 11.1 Å². The summed E-state index contributed by atoms with van der Waals surface area (Å²) >= 11 is 6.16. The monoisotopic (exact) mass is 448 g/mol. The summed E-state index contributed by atoms with van der Waals surface area (Å²) < 4.78 is 32.1. The smallest absolute Gasteiger partial charge is 0.413 e. The standard InChI is InChI=1S/C20H21ClN4O4S/c1-13(16-6-4-5-7-18(16)21)29-20(26)23-19-17(12-22-25(19)2)14-8-10-15(11-9-14)24-30(3,27)28/h4-13,24H,1-3H3,(H,23,26)/t13-/m1/s1. The largest absolute Gasteiger partial charge is 0.441 e. The number of nitrogens with zero attached hydrogens (tertiary/aromatic N) is 2. The van der Waals surface area contributed by atoms with Crippen molar-refractivity contribution in [2.45, 2.75) is 13.0 Å². The zero-order valence-corrected chi connectivity index (χ0v) is 18.2. The van der Waals surface area contributed by atoms with Gasteiger partial charge in [-0.05, 0) is 30.7 Å². The van der Waals surface area contributed by atoms with E-state index in [0.29, 0.717) is 27.7 Å². The van der Waals surface area contributed by atoms with E-state index in [-0.39, 0.29) is 0 Å². The van der Waals surface area contributed by atoms with Gasteiger partial charge in [-0.3, -0.25) is 14.7 Å².